The number of benzene rings is 1. The van der Waals surface area contributed by atoms with Crippen LogP contribution < -0.4 is 15.5 Å². The van der Waals surface area contributed by atoms with E-state index in [1.807, 2.05) is 11.0 Å². The number of rotatable bonds is 6. The lowest BCUT2D eigenvalue weighted by Gasteiger charge is -2.50. The average Bonchev–Trinajstić information content (AvgIpc) is 2.84. The van der Waals surface area contributed by atoms with Crippen LogP contribution in [0.2, 0.25) is 0 Å². The van der Waals surface area contributed by atoms with Gasteiger partial charge in [0.1, 0.15) is 0 Å². The summed E-state index contributed by atoms with van der Waals surface area (Å²) in [7, 11) is 1.30. The number of aromatic nitrogens is 2. The van der Waals surface area contributed by atoms with Crippen LogP contribution in [-0.2, 0) is 15.4 Å². The molecule has 1 aliphatic heterocycles. The number of urea groups is 1. The molecule has 0 bridgehead atoms. The standard InChI is InChI=1S/C25H36N6O3S/c1-24(9-11-25(12-10-24,29(2)3)20-7-5-4-6-8-20)19-31(22(26)32)21-17-27-23(28-18-21)30-13-15-35(33,34)16-14-30/h4-8,17-18H,9-16,19H2,1-3H3,(H2,26,32). The molecule has 35 heavy (non-hydrogen) atoms. The third-order valence-electron chi connectivity index (χ3n) is 7.82. The van der Waals surface area contributed by atoms with Gasteiger partial charge in [-0.05, 0) is 50.8 Å². The molecule has 1 aromatic carbocycles. The molecule has 0 unspecified atom stereocenters. The summed E-state index contributed by atoms with van der Waals surface area (Å²) in [6.45, 7) is 3.45. The van der Waals surface area contributed by atoms with E-state index < -0.39 is 15.9 Å². The number of hydrogen-bond donors (Lipinski definition) is 1. The molecule has 190 valence electrons. The largest absolute Gasteiger partial charge is 0.351 e. The molecular weight excluding hydrogens is 464 g/mol. The average molecular weight is 501 g/mol. The predicted octanol–water partition coefficient (Wildman–Crippen LogP) is 2.63. The van der Waals surface area contributed by atoms with Crippen molar-refractivity contribution in [2.75, 3.05) is 55.0 Å². The van der Waals surface area contributed by atoms with Crippen LogP contribution >= 0.6 is 0 Å². The van der Waals surface area contributed by atoms with Crippen molar-refractivity contribution in [2.45, 2.75) is 38.1 Å². The summed E-state index contributed by atoms with van der Waals surface area (Å²) < 4.78 is 23.4. The SMILES string of the molecule is CN(C)C1(c2ccccc2)CCC(C)(CN(C(N)=O)c2cnc(N3CCS(=O)(=O)CC3)nc2)CC1. The summed E-state index contributed by atoms with van der Waals surface area (Å²) in [6, 6.07) is 10.1. The zero-order valence-corrected chi connectivity index (χ0v) is 21.7. The van der Waals surface area contributed by atoms with Gasteiger partial charge in [-0.3, -0.25) is 9.80 Å². The van der Waals surface area contributed by atoms with E-state index >= 15 is 0 Å². The van der Waals surface area contributed by atoms with Crippen molar-refractivity contribution in [1.29, 1.82) is 0 Å². The molecule has 0 spiro atoms. The monoisotopic (exact) mass is 500 g/mol. The zero-order valence-electron chi connectivity index (χ0n) is 20.9. The lowest BCUT2D eigenvalue weighted by molar-refractivity contribution is 0.0459. The predicted molar refractivity (Wildman–Crippen MR) is 138 cm³/mol. The highest BCUT2D eigenvalue weighted by Crippen LogP contribution is 2.48. The minimum atomic E-state index is -2.98. The van der Waals surface area contributed by atoms with Crippen molar-refractivity contribution in [3.63, 3.8) is 0 Å². The molecule has 2 heterocycles. The molecule has 2 aromatic rings. The summed E-state index contributed by atoms with van der Waals surface area (Å²) in [5.74, 6) is 0.665. The molecule has 0 radical (unpaired) electrons. The van der Waals surface area contributed by atoms with Crippen molar-refractivity contribution < 1.29 is 13.2 Å². The molecule has 1 saturated heterocycles. The van der Waals surface area contributed by atoms with Gasteiger partial charge in [0.2, 0.25) is 5.95 Å². The highest BCUT2D eigenvalue weighted by Gasteiger charge is 2.44. The minimum Gasteiger partial charge on any atom is -0.351 e. The van der Waals surface area contributed by atoms with E-state index in [9.17, 15) is 13.2 Å². The lowest BCUT2D eigenvalue weighted by Crippen LogP contribution is -2.50. The second-order valence-electron chi connectivity index (χ2n) is 10.4. The molecule has 0 atom stereocenters. The van der Waals surface area contributed by atoms with Crippen LogP contribution in [-0.4, -0.2) is 74.6 Å². The number of carbonyl (C=O) groups is 1. The second kappa shape index (κ2) is 9.73. The van der Waals surface area contributed by atoms with Crippen LogP contribution in [0.3, 0.4) is 0 Å². The number of primary amides is 1. The van der Waals surface area contributed by atoms with Gasteiger partial charge in [0.25, 0.3) is 0 Å². The molecule has 1 aromatic heterocycles. The maximum Gasteiger partial charge on any atom is 0.319 e. The Morgan fingerprint density at radius 3 is 2.11 bits per heavy atom. The van der Waals surface area contributed by atoms with E-state index in [0.717, 1.165) is 25.7 Å². The first-order valence-electron chi connectivity index (χ1n) is 12.1. The molecule has 2 fully saturated rings. The Kier molecular flexibility index (Phi) is 7.06. The molecule has 2 aliphatic rings. The third-order valence-corrected chi connectivity index (χ3v) is 9.43. The topological polar surface area (TPSA) is 113 Å². The summed E-state index contributed by atoms with van der Waals surface area (Å²) in [4.78, 5) is 27.0. The van der Waals surface area contributed by atoms with Gasteiger partial charge in [-0.25, -0.2) is 23.2 Å². The van der Waals surface area contributed by atoms with Crippen molar-refractivity contribution in [3.8, 4) is 0 Å². The minimum absolute atomic E-state index is 0.0228. The molecule has 9 nitrogen and oxygen atoms in total. The second-order valence-corrected chi connectivity index (χ2v) is 12.7. The van der Waals surface area contributed by atoms with Crippen LogP contribution in [0.5, 0.6) is 0 Å². The maximum atomic E-state index is 12.4. The lowest BCUT2D eigenvalue weighted by atomic mass is 9.65. The van der Waals surface area contributed by atoms with Gasteiger partial charge in [-0.2, -0.15) is 0 Å². The van der Waals surface area contributed by atoms with Crippen molar-refractivity contribution in [1.82, 2.24) is 14.9 Å². The Labute approximate surface area is 208 Å². The first-order valence-corrected chi connectivity index (χ1v) is 13.9. The number of carbonyl (C=O) groups excluding carboxylic acids is 1. The van der Waals surface area contributed by atoms with E-state index in [-0.39, 0.29) is 22.5 Å². The number of sulfone groups is 1. The summed E-state index contributed by atoms with van der Waals surface area (Å²) in [6.07, 6.45) is 7.09. The van der Waals surface area contributed by atoms with E-state index in [4.69, 9.17) is 5.73 Å². The number of nitrogens with two attached hydrogens (primary N) is 1. The Hall–Kier alpha value is -2.72. The fourth-order valence-corrected chi connectivity index (χ4v) is 6.58. The first kappa shape index (κ1) is 25.4. The number of nitrogens with zero attached hydrogens (tertiary/aromatic N) is 5. The summed E-state index contributed by atoms with van der Waals surface area (Å²) in [5.41, 5.74) is 7.56. The highest BCUT2D eigenvalue weighted by molar-refractivity contribution is 7.91. The number of hydrogen-bond acceptors (Lipinski definition) is 7. The van der Waals surface area contributed by atoms with E-state index in [2.05, 4.69) is 60.2 Å². The van der Waals surface area contributed by atoms with Crippen LogP contribution in [0, 0.1) is 5.41 Å². The molecule has 1 saturated carbocycles. The third kappa shape index (κ3) is 5.43. The molecule has 10 heteroatoms. The van der Waals surface area contributed by atoms with E-state index in [0.29, 0.717) is 31.3 Å². The van der Waals surface area contributed by atoms with E-state index in [1.165, 1.54) is 5.56 Å². The molecule has 1 aliphatic carbocycles. The Morgan fingerprint density at radius 2 is 1.60 bits per heavy atom. The van der Waals surface area contributed by atoms with Crippen LogP contribution in [0.25, 0.3) is 0 Å². The summed E-state index contributed by atoms with van der Waals surface area (Å²) in [5, 5.41) is 0. The number of amides is 2. The van der Waals surface area contributed by atoms with Crippen molar-refractivity contribution in [3.05, 3.63) is 48.3 Å². The van der Waals surface area contributed by atoms with Gasteiger partial charge in [0.15, 0.2) is 9.84 Å². The smallest absolute Gasteiger partial charge is 0.319 e. The van der Waals surface area contributed by atoms with Gasteiger partial charge in [-0.1, -0.05) is 37.3 Å². The van der Waals surface area contributed by atoms with Gasteiger partial charge in [0.05, 0.1) is 29.6 Å². The zero-order chi connectivity index (χ0) is 25.3. The Bertz CT molecular complexity index is 1120. The van der Waals surface area contributed by atoms with E-state index in [1.54, 1.807) is 17.3 Å². The molecular formula is C25H36N6O3S. The number of anilines is 2. The Morgan fingerprint density at radius 1 is 1.03 bits per heavy atom. The van der Waals surface area contributed by atoms with Gasteiger partial charge < -0.3 is 10.6 Å². The van der Waals surface area contributed by atoms with Crippen molar-refractivity contribution >= 4 is 27.5 Å². The normalized spacial score (nSPS) is 26.5. The van der Waals surface area contributed by atoms with Crippen LogP contribution in [0.4, 0.5) is 16.4 Å². The highest BCUT2D eigenvalue weighted by atomic mass is 32.2. The van der Waals surface area contributed by atoms with Crippen LogP contribution in [0.15, 0.2) is 42.7 Å². The maximum absolute atomic E-state index is 12.4. The molecule has 2 amide bonds. The van der Waals surface area contributed by atoms with Gasteiger partial charge in [0, 0.05) is 25.2 Å². The fraction of sp³-hybridized carbons (Fsp3) is 0.560. The quantitative estimate of drug-likeness (QED) is 0.649. The molecule has 2 N–H and O–H groups in total. The Balaban J connectivity index is 1.46. The van der Waals surface area contributed by atoms with Crippen LogP contribution in [0.1, 0.15) is 38.2 Å². The van der Waals surface area contributed by atoms with Gasteiger partial charge >= 0.3 is 6.03 Å². The van der Waals surface area contributed by atoms with Gasteiger partial charge in [-0.15, -0.1) is 0 Å². The summed E-state index contributed by atoms with van der Waals surface area (Å²) >= 11 is 0. The van der Waals surface area contributed by atoms with Crippen molar-refractivity contribution in [2.24, 2.45) is 11.1 Å². The molecule has 4 rings (SSSR count). The first-order chi connectivity index (χ1) is 16.5. The fourth-order valence-electron chi connectivity index (χ4n) is 5.38.